The number of rotatable bonds is 3. The average molecular weight is 225 g/mol. The molecule has 0 aromatic heterocycles. The molecular formula is C10H11NO3S. The van der Waals surface area contributed by atoms with Crippen LogP contribution in [-0.2, 0) is 4.74 Å². The first-order valence-electron chi connectivity index (χ1n) is 4.37. The Hall–Kier alpha value is -1.33. The van der Waals surface area contributed by atoms with E-state index < -0.39 is 5.97 Å². The van der Waals surface area contributed by atoms with E-state index in [1.54, 1.807) is 31.2 Å². The second-order valence-corrected chi connectivity index (χ2v) is 3.31. The van der Waals surface area contributed by atoms with E-state index in [1.165, 1.54) is 0 Å². The summed E-state index contributed by atoms with van der Waals surface area (Å²) in [5.41, 5.74) is 0.894. The molecule has 0 aliphatic rings. The highest BCUT2D eigenvalue weighted by atomic mass is 32.2. The Labute approximate surface area is 91.9 Å². The summed E-state index contributed by atoms with van der Waals surface area (Å²) in [5.74, 6) is -0.392. The third kappa shape index (κ3) is 3.07. The van der Waals surface area contributed by atoms with Crippen LogP contribution in [0.25, 0.3) is 0 Å². The minimum Gasteiger partial charge on any atom is -0.462 e. The zero-order valence-corrected chi connectivity index (χ0v) is 9.04. The van der Waals surface area contributed by atoms with E-state index in [1.807, 2.05) is 0 Å². The summed E-state index contributed by atoms with van der Waals surface area (Å²) in [6.45, 7) is 2.07. The van der Waals surface area contributed by atoms with Crippen LogP contribution >= 0.6 is 11.9 Å². The van der Waals surface area contributed by atoms with Crippen LogP contribution in [-0.4, -0.2) is 17.7 Å². The van der Waals surface area contributed by atoms with Crippen molar-refractivity contribution in [1.82, 2.24) is 0 Å². The van der Waals surface area contributed by atoms with Gasteiger partial charge in [0.2, 0.25) is 5.12 Å². The molecule has 0 aliphatic heterocycles. The number of nitrogens with two attached hydrogens (primary N) is 1. The molecule has 0 saturated heterocycles. The highest BCUT2D eigenvalue weighted by Crippen LogP contribution is 2.10. The Balaban J connectivity index is 2.80. The molecule has 0 spiro atoms. The molecule has 0 bridgehead atoms. The molecule has 0 radical (unpaired) electrons. The predicted molar refractivity (Wildman–Crippen MR) is 58.5 cm³/mol. The van der Waals surface area contributed by atoms with Gasteiger partial charge < -0.3 is 4.74 Å². The zero-order valence-electron chi connectivity index (χ0n) is 8.23. The number of esters is 1. The fraction of sp³-hybridized carbons (Fsp3) is 0.200. The second-order valence-electron chi connectivity index (χ2n) is 2.70. The molecule has 15 heavy (non-hydrogen) atoms. The van der Waals surface area contributed by atoms with Gasteiger partial charge in [-0.3, -0.25) is 9.93 Å². The topological polar surface area (TPSA) is 69.4 Å². The van der Waals surface area contributed by atoms with Crippen molar-refractivity contribution in [2.45, 2.75) is 6.92 Å². The molecule has 0 heterocycles. The van der Waals surface area contributed by atoms with E-state index in [0.717, 1.165) is 0 Å². The van der Waals surface area contributed by atoms with Gasteiger partial charge >= 0.3 is 5.97 Å². The summed E-state index contributed by atoms with van der Waals surface area (Å²) >= 11 is 0.647. The quantitative estimate of drug-likeness (QED) is 0.625. The highest BCUT2D eigenvalue weighted by molar-refractivity contribution is 8.12. The smallest absolute Gasteiger partial charge is 0.338 e. The Kier molecular flexibility index (Phi) is 4.33. The van der Waals surface area contributed by atoms with Gasteiger partial charge in [0.15, 0.2) is 0 Å². The van der Waals surface area contributed by atoms with E-state index in [2.05, 4.69) is 0 Å². The van der Waals surface area contributed by atoms with Gasteiger partial charge in [-0.2, -0.15) is 0 Å². The van der Waals surface area contributed by atoms with Crippen molar-refractivity contribution in [3.05, 3.63) is 35.4 Å². The van der Waals surface area contributed by atoms with E-state index in [4.69, 9.17) is 9.88 Å². The molecule has 0 saturated carbocycles. The molecule has 1 rings (SSSR count). The minimum absolute atomic E-state index is 0.231. The standard InChI is InChI=1S/C10H11NO3S/c1-2-14-9(12)7-3-5-8(6-4-7)10(13)15-11/h3-6H,2,11H2,1H3. The first-order valence-corrected chi connectivity index (χ1v) is 5.25. The van der Waals surface area contributed by atoms with Gasteiger partial charge in [0.25, 0.3) is 0 Å². The zero-order chi connectivity index (χ0) is 11.3. The summed E-state index contributed by atoms with van der Waals surface area (Å²) in [6, 6.07) is 6.19. The van der Waals surface area contributed by atoms with Crippen molar-refractivity contribution in [3.8, 4) is 0 Å². The summed E-state index contributed by atoms with van der Waals surface area (Å²) in [7, 11) is 0. The van der Waals surface area contributed by atoms with Gasteiger partial charge in [0.05, 0.1) is 12.2 Å². The number of benzene rings is 1. The molecule has 0 aliphatic carbocycles. The minimum atomic E-state index is -0.392. The van der Waals surface area contributed by atoms with Crippen LogP contribution in [0.2, 0.25) is 0 Å². The van der Waals surface area contributed by atoms with E-state index in [-0.39, 0.29) is 5.12 Å². The van der Waals surface area contributed by atoms with Gasteiger partial charge in [-0.05, 0) is 43.1 Å². The molecule has 0 amide bonds. The maximum Gasteiger partial charge on any atom is 0.338 e. The lowest BCUT2D eigenvalue weighted by atomic mass is 10.1. The number of hydrogen-bond donors (Lipinski definition) is 1. The van der Waals surface area contributed by atoms with Crippen LogP contribution in [0, 0.1) is 0 Å². The third-order valence-corrected chi connectivity index (χ3v) is 2.19. The molecule has 1 aromatic carbocycles. The van der Waals surface area contributed by atoms with Crippen molar-refractivity contribution in [3.63, 3.8) is 0 Å². The van der Waals surface area contributed by atoms with Gasteiger partial charge in [-0.15, -0.1) is 0 Å². The molecule has 2 N–H and O–H groups in total. The van der Waals surface area contributed by atoms with Crippen LogP contribution in [0.5, 0.6) is 0 Å². The average Bonchev–Trinajstić information content (AvgIpc) is 2.28. The first-order chi connectivity index (χ1) is 7.19. The van der Waals surface area contributed by atoms with Gasteiger partial charge in [0.1, 0.15) is 0 Å². The monoisotopic (exact) mass is 225 g/mol. The second kappa shape index (κ2) is 5.53. The Morgan fingerprint density at radius 3 is 2.27 bits per heavy atom. The maximum atomic E-state index is 11.3. The molecule has 5 heteroatoms. The Morgan fingerprint density at radius 1 is 1.27 bits per heavy atom. The molecule has 0 atom stereocenters. The lowest BCUT2D eigenvalue weighted by Gasteiger charge is -2.02. The van der Waals surface area contributed by atoms with Crippen LogP contribution < -0.4 is 5.14 Å². The lowest BCUT2D eigenvalue weighted by molar-refractivity contribution is 0.0526. The van der Waals surface area contributed by atoms with Crippen molar-refractivity contribution in [1.29, 1.82) is 0 Å². The van der Waals surface area contributed by atoms with Crippen LogP contribution in [0.3, 0.4) is 0 Å². The SMILES string of the molecule is CCOC(=O)c1ccc(C(=O)SN)cc1. The molecule has 1 aromatic rings. The maximum absolute atomic E-state index is 11.3. The molecule has 0 fully saturated rings. The first kappa shape index (κ1) is 11.7. The summed E-state index contributed by atoms with van der Waals surface area (Å²) in [4.78, 5) is 22.4. The summed E-state index contributed by atoms with van der Waals surface area (Å²) in [6.07, 6.45) is 0. The fourth-order valence-corrected chi connectivity index (χ4v) is 1.30. The Bertz CT molecular complexity index is 361. The van der Waals surface area contributed by atoms with Crippen molar-refractivity contribution < 1.29 is 14.3 Å². The third-order valence-electron chi connectivity index (χ3n) is 1.74. The van der Waals surface area contributed by atoms with Gasteiger partial charge in [0, 0.05) is 5.56 Å². The van der Waals surface area contributed by atoms with Crippen molar-refractivity contribution in [2.75, 3.05) is 6.61 Å². The molecule has 4 nitrogen and oxygen atoms in total. The number of hydrogen-bond acceptors (Lipinski definition) is 5. The number of carbonyl (C=O) groups excluding carboxylic acids is 2. The van der Waals surface area contributed by atoms with Crippen molar-refractivity contribution >= 4 is 23.0 Å². The van der Waals surface area contributed by atoms with E-state index in [9.17, 15) is 9.59 Å². The summed E-state index contributed by atoms with van der Waals surface area (Å²) < 4.78 is 4.80. The molecular weight excluding hydrogens is 214 g/mol. The fourth-order valence-electron chi connectivity index (χ4n) is 1.02. The Morgan fingerprint density at radius 2 is 1.80 bits per heavy atom. The van der Waals surface area contributed by atoms with E-state index in [0.29, 0.717) is 29.7 Å². The number of carbonyl (C=O) groups is 2. The molecule has 80 valence electrons. The normalized spacial score (nSPS) is 9.73. The van der Waals surface area contributed by atoms with Gasteiger partial charge in [-0.25, -0.2) is 4.79 Å². The summed E-state index contributed by atoms with van der Waals surface area (Å²) in [5, 5.41) is 4.89. The van der Waals surface area contributed by atoms with E-state index >= 15 is 0 Å². The predicted octanol–water partition coefficient (Wildman–Crippen LogP) is 1.61. The molecule has 0 unspecified atom stereocenters. The number of ether oxygens (including phenoxy) is 1. The largest absolute Gasteiger partial charge is 0.462 e. The lowest BCUT2D eigenvalue weighted by Crippen LogP contribution is -2.05. The van der Waals surface area contributed by atoms with Crippen LogP contribution in [0.15, 0.2) is 24.3 Å². The highest BCUT2D eigenvalue weighted by Gasteiger charge is 2.08. The van der Waals surface area contributed by atoms with Crippen LogP contribution in [0.1, 0.15) is 27.6 Å². The van der Waals surface area contributed by atoms with Crippen LogP contribution in [0.4, 0.5) is 0 Å². The van der Waals surface area contributed by atoms with Crippen molar-refractivity contribution in [2.24, 2.45) is 5.14 Å². The van der Waals surface area contributed by atoms with Gasteiger partial charge in [-0.1, -0.05) is 0 Å².